The van der Waals surface area contributed by atoms with E-state index in [1.807, 2.05) is 0 Å². The lowest BCUT2D eigenvalue weighted by Crippen LogP contribution is -2.33. The summed E-state index contributed by atoms with van der Waals surface area (Å²) in [5.74, 6) is -0.801. The number of sulfone groups is 1. The molecule has 1 aromatic carbocycles. The van der Waals surface area contributed by atoms with E-state index in [9.17, 15) is 26.4 Å². The summed E-state index contributed by atoms with van der Waals surface area (Å²) in [4.78, 5) is 15.7. The van der Waals surface area contributed by atoms with Gasteiger partial charge in [0.05, 0.1) is 15.5 Å². The molecular formula is C19H20F3N3O5S. The fraction of sp³-hybridized carbons (Fsp3) is 0.368. The Morgan fingerprint density at radius 3 is 2.42 bits per heavy atom. The molecule has 2 aromatic rings. The van der Waals surface area contributed by atoms with Crippen LogP contribution < -0.4 is 15.8 Å². The van der Waals surface area contributed by atoms with Crippen molar-refractivity contribution in [2.45, 2.75) is 29.0 Å². The molecule has 12 heteroatoms. The van der Waals surface area contributed by atoms with Gasteiger partial charge in [-0.3, -0.25) is 4.79 Å². The van der Waals surface area contributed by atoms with Gasteiger partial charge in [-0.05, 0) is 49.1 Å². The second kappa shape index (κ2) is 9.10. The monoisotopic (exact) mass is 459 g/mol. The number of amides is 1. The summed E-state index contributed by atoms with van der Waals surface area (Å²) in [6.07, 6.45) is -2.25. The standard InChI is InChI=1S/C19H20F3N3O5S/c20-19(21,22)30-13-1-3-14(4-2-13)31(27,28)15-9-16(23)17(24-11-15)18(26)25-10-12-5-7-29-8-6-12/h1-4,9,11-12H,5-8,10,23H2,(H,25,26). The van der Waals surface area contributed by atoms with E-state index >= 15 is 0 Å². The highest BCUT2D eigenvalue weighted by molar-refractivity contribution is 7.91. The summed E-state index contributed by atoms with van der Waals surface area (Å²) < 4.78 is 71.2. The first-order valence-corrected chi connectivity index (χ1v) is 10.8. The molecule has 0 spiro atoms. The first kappa shape index (κ1) is 22.8. The lowest BCUT2D eigenvalue weighted by Gasteiger charge is -2.22. The van der Waals surface area contributed by atoms with Gasteiger partial charge in [-0.2, -0.15) is 0 Å². The molecule has 168 valence electrons. The number of anilines is 1. The quantitative estimate of drug-likeness (QED) is 0.681. The van der Waals surface area contributed by atoms with Crippen molar-refractivity contribution in [2.24, 2.45) is 5.92 Å². The van der Waals surface area contributed by atoms with Gasteiger partial charge in [0.15, 0.2) is 5.69 Å². The van der Waals surface area contributed by atoms with Crippen molar-refractivity contribution in [2.75, 3.05) is 25.5 Å². The van der Waals surface area contributed by atoms with Crippen LogP contribution in [0, 0.1) is 5.92 Å². The van der Waals surface area contributed by atoms with E-state index in [1.54, 1.807) is 0 Å². The number of carbonyl (C=O) groups excluding carboxylic acids is 1. The van der Waals surface area contributed by atoms with E-state index in [4.69, 9.17) is 10.5 Å². The van der Waals surface area contributed by atoms with Gasteiger partial charge in [0, 0.05) is 26.0 Å². The highest BCUT2D eigenvalue weighted by Gasteiger charge is 2.31. The number of nitrogens with one attached hydrogen (secondary N) is 1. The first-order chi connectivity index (χ1) is 14.6. The average Bonchev–Trinajstić information content (AvgIpc) is 2.72. The number of nitrogens with zero attached hydrogens (tertiary/aromatic N) is 1. The zero-order valence-electron chi connectivity index (χ0n) is 16.2. The first-order valence-electron chi connectivity index (χ1n) is 9.28. The molecule has 31 heavy (non-hydrogen) atoms. The van der Waals surface area contributed by atoms with E-state index in [-0.39, 0.29) is 27.1 Å². The van der Waals surface area contributed by atoms with Crippen molar-refractivity contribution in [3.8, 4) is 5.75 Å². The largest absolute Gasteiger partial charge is 0.573 e. The number of alkyl halides is 3. The maximum atomic E-state index is 12.7. The second-order valence-electron chi connectivity index (χ2n) is 6.90. The normalized spacial score (nSPS) is 15.5. The molecule has 0 saturated carbocycles. The fourth-order valence-electron chi connectivity index (χ4n) is 3.03. The van der Waals surface area contributed by atoms with Crippen LogP contribution in [0.2, 0.25) is 0 Å². The molecule has 3 rings (SSSR count). The van der Waals surface area contributed by atoms with E-state index in [1.165, 1.54) is 0 Å². The highest BCUT2D eigenvalue weighted by Crippen LogP contribution is 2.27. The van der Waals surface area contributed by atoms with Gasteiger partial charge in [0.25, 0.3) is 5.91 Å². The Morgan fingerprint density at radius 1 is 1.19 bits per heavy atom. The molecule has 1 saturated heterocycles. The minimum absolute atomic E-state index is 0.111. The van der Waals surface area contributed by atoms with Gasteiger partial charge in [-0.15, -0.1) is 13.2 Å². The molecule has 1 aliphatic rings. The van der Waals surface area contributed by atoms with Crippen molar-refractivity contribution < 1.29 is 35.9 Å². The lowest BCUT2D eigenvalue weighted by molar-refractivity contribution is -0.274. The molecule has 8 nitrogen and oxygen atoms in total. The number of benzene rings is 1. The van der Waals surface area contributed by atoms with Gasteiger partial charge in [0.1, 0.15) is 5.75 Å². The average molecular weight is 459 g/mol. The predicted molar refractivity (Wildman–Crippen MR) is 103 cm³/mol. The summed E-state index contributed by atoms with van der Waals surface area (Å²) in [5, 5.41) is 2.73. The summed E-state index contributed by atoms with van der Waals surface area (Å²) in [6.45, 7) is 1.70. The SMILES string of the molecule is Nc1cc(S(=O)(=O)c2ccc(OC(F)(F)F)cc2)cnc1C(=O)NCC1CCOCC1. The number of nitrogens with two attached hydrogens (primary N) is 1. The minimum Gasteiger partial charge on any atom is -0.406 e. The molecule has 1 amide bonds. The third-order valence-corrected chi connectivity index (χ3v) is 6.41. The Kier molecular flexibility index (Phi) is 6.70. The van der Waals surface area contributed by atoms with E-state index < -0.39 is 27.9 Å². The zero-order valence-corrected chi connectivity index (χ0v) is 17.0. The summed E-state index contributed by atoms with van der Waals surface area (Å²) in [7, 11) is -4.12. The Morgan fingerprint density at radius 2 is 1.84 bits per heavy atom. The Balaban J connectivity index is 1.72. The van der Waals surface area contributed by atoms with E-state index in [2.05, 4.69) is 15.0 Å². The minimum atomic E-state index is -4.89. The number of aromatic nitrogens is 1. The van der Waals surface area contributed by atoms with Gasteiger partial charge in [-0.25, -0.2) is 13.4 Å². The molecule has 3 N–H and O–H groups in total. The van der Waals surface area contributed by atoms with E-state index in [0.717, 1.165) is 49.4 Å². The maximum Gasteiger partial charge on any atom is 0.573 e. The predicted octanol–water partition coefficient (Wildman–Crippen LogP) is 2.55. The van der Waals surface area contributed by atoms with Crippen LogP contribution in [0.1, 0.15) is 23.3 Å². The molecule has 2 heterocycles. The van der Waals surface area contributed by atoms with Gasteiger partial charge >= 0.3 is 6.36 Å². The summed E-state index contributed by atoms with van der Waals surface area (Å²) in [6, 6.07) is 4.80. The Labute approximate surface area is 176 Å². The van der Waals surface area contributed by atoms with Crippen LogP contribution in [-0.4, -0.2) is 45.4 Å². The number of carbonyl (C=O) groups is 1. The van der Waals surface area contributed by atoms with Crippen LogP contribution in [0.15, 0.2) is 46.3 Å². The summed E-state index contributed by atoms with van der Waals surface area (Å²) >= 11 is 0. The Hall–Kier alpha value is -2.86. The molecule has 0 atom stereocenters. The number of halogens is 3. The maximum absolute atomic E-state index is 12.7. The van der Waals surface area contributed by atoms with Crippen LogP contribution in [0.5, 0.6) is 5.75 Å². The number of nitrogen functional groups attached to an aromatic ring is 1. The lowest BCUT2D eigenvalue weighted by atomic mass is 10.0. The topological polar surface area (TPSA) is 121 Å². The van der Waals surface area contributed by atoms with Crippen LogP contribution in [-0.2, 0) is 14.6 Å². The van der Waals surface area contributed by atoms with Crippen molar-refractivity contribution >= 4 is 21.4 Å². The number of hydrogen-bond donors (Lipinski definition) is 2. The van der Waals surface area contributed by atoms with Crippen LogP contribution >= 0.6 is 0 Å². The van der Waals surface area contributed by atoms with Crippen molar-refractivity contribution in [1.82, 2.24) is 10.3 Å². The summed E-state index contributed by atoms with van der Waals surface area (Å²) in [5.41, 5.74) is 5.60. The van der Waals surface area contributed by atoms with Gasteiger partial charge in [-0.1, -0.05) is 0 Å². The molecule has 0 aliphatic carbocycles. The molecule has 0 radical (unpaired) electrons. The fourth-order valence-corrected chi connectivity index (χ4v) is 4.27. The van der Waals surface area contributed by atoms with Crippen LogP contribution in [0.4, 0.5) is 18.9 Å². The van der Waals surface area contributed by atoms with Gasteiger partial charge < -0.3 is 20.5 Å². The smallest absolute Gasteiger partial charge is 0.406 e. The molecular weight excluding hydrogens is 439 g/mol. The molecule has 0 unspecified atom stereocenters. The molecule has 1 aliphatic heterocycles. The number of rotatable bonds is 6. The zero-order chi connectivity index (χ0) is 22.6. The molecule has 0 bridgehead atoms. The highest BCUT2D eigenvalue weighted by atomic mass is 32.2. The number of hydrogen-bond acceptors (Lipinski definition) is 7. The molecule has 1 aromatic heterocycles. The number of ether oxygens (including phenoxy) is 2. The third kappa shape index (κ3) is 5.85. The third-order valence-electron chi connectivity index (χ3n) is 4.68. The second-order valence-corrected chi connectivity index (χ2v) is 8.85. The van der Waals surface area contributed by atoms with Crippen LogP contribution in [0.25, 0.3) is 0 Å². The van der Waals surface area contributed by atoms with Crippen molar-refractivity contribution in [3.05, 3.63) is 42.2 Å². The van der Waals surface area contributed by atoms with Gasteiger partial charge in [0.2, 0.25) is 9.84 Å². The molecule has 1 fully saturated rings. The van der Waals surface area contributed by atoms with Crippen molar-refractivity contribution in [1.29, 1.82) is 0 Å². The Bertz CT molecular complexity index is 1040. The number of pyridine rings is 1. The van der Waals surface area contributed by atoms with Crippen molar-refractivity contribution in [3.63, 3.8) is 0 Å². The van der Waals surface area contributed by atoms with E-state index in [0.29, 0.717) is 19.8 Å². The van der Waals surface area contributed by atoms with Crippen LogP contribution in [0.3, 0.4) is 0 Å².